The molecule has 0 unspecified atom stereocenters. The summed E-state index contributed by atoms with van der Waals surface area (Å²) in [5, 5.41) is 0. The van der Waals surface area contributed by atoms with Gasteiger partial charge in [0.05, 0.1) is 0 Å². The third-order valence-corrected chi connectivity index (χ3v) is 2.19. The van der Waals surface area contributed by atoms with Gasteiger partial charge in [0, 0.05) is 18.9 Å². The average Bonchev–Trinajstić information content (AvgIpc) is 2.11. The first-order valence-corrected chi connectivity index (χ1v) is 4.05. The highest BCUT2D eigenvalue weighted by atomic mass is 14.9. The Hall–Kier alpha value is -0.720. The molecule has 0 atom stereocenters. The zero-order valence-electron chi connectivity index (χ0n) is 8.10. The maximum atomic E-state index is 2.25. The first-order chi connectivity index (χ1) is 4.93. The number of hydrogen-bond acceptors (Lipinski definition) is 0. The van der Waals surface area contributed by atoms with E-state index in [0.717, 1.165) is 0 Å². The molecule has 1 aromatic rings. The highest BCUT2D eigenvalue weighted by Gasteiger charge is 2.17. The molecular weight excluding hydrogens is 134 g/mol. The summed E-state index contributed by atoms with van der Waals surface area (Å²) in [5.74, 6) is 0. The second-order valence-corrected chi connectivity index (χ2v) is 4.18. The minimum absolute atomic E-state index is 0.283. The van der Waals surface area contributed by atoms with Crippen LogP contribution in [0.4, 0.5) is 0 Å². The van der Waals surface area contributed by atoms with E-state index in [1.807, 2.05) is 0 Å². The second-order valence-electron chi connectivity index (χ2n) is 4.18. The van der Waals surface area contributed by atoms with Gasteiger partial charge >= 0.3 is 0 Å². The third-order valence-electron chi connectivity index (χ3n) is 2.19. The summed E-state index contributed by atoms with van der Waals surface area (Å²) < 4.78 is 2.17. The fraction of sp³-hybridized carbons (Fsp3) is 0.600. The standard InChI is InChI=1S/C10H17N/c1-8-9(10(2,3)4)6-7-11(8)5/h6-7H,1-5H3. The van der Waals surface area contributed by atoms with E-state index in [2.05, 4.69) is 51.6 Å². The highest BCUT2D eigenvalue weighted by Crippen LogP contribution is 2.25. The van der Waals surface area contributed by atoms with Crippen LogP contribution in [0.5, 0.6) is 0 Å². The molecule has 0 spiro atoms. The van der Waals surface area contributed by atoms with E-state index < -0.39 is 0 Å². The van der Waals surface area contributed by atoms with Gasteiger partial charge in [-0.2, -0.15) is 0 Å². The smallest absolute Gasteiger partial charge is 0.0178 e. The number of nitrogens with zero attached hydrogens (tertiary/aromatic N) is 1. The average molecular weight is 151 g/mol. The van der Waals surface area contributed by atoms with Gasteiger partial charge in [-0.1, -0.05) is 20.8 Å². The summed E-state index contributed by atoms with van der Waals surface area (Å²) in [6.45, 7) is 8.90. The SMILES string of the molecule is Cc1c(C(C)(C)C)ccn1C. The first-order valence-electron chi connectivity index (χ1n) is 4.05. The Morgan fingerprint density at radius 2 is 1.82 bits per heavy atom. The molecule has 1 heterocycles. The van der Waals surface area contributed by atoms with E-state index in [1.165, 1.54) is 11.3 Å². The lowest BCUT2D eigenvalue weighted by molar-refractivity contribution is 0.583. The maximum Gasteiger partial charge on any atom is 0.0178 e. The van der Waals surface area contributed by atoms with E-state index >= 15 is 0 Å². The molecule has 1 rings (SSSR count). The molecular formula is C10H17N. The van der Waals surface area contributed by atoms with Crippen molar-refractivity contribution in [2.75, 3.05) is 0 Å². The van der Waals surface area contributed by atoms with Crippen LogP contribution in [0.25, 0.3) is 0 Å². The fourth-order valence-corrected chi connectivity index (χ4v) is 1.40. The van der Waals surface area contributed by atoms with E-state index in [1.54, 1.807) is 0 Å². The summed E-state index contributed by atoms with van der Waals surface area (Å²) in [6, 6.07) is 2.20. The summed E-state index contributed by atoms with van der Waals surface area (Å²) in [5.41, 5.74) is 3.10. The minimum atomic E-state index is 0.283. The molecule has 0 aliphatic rings. The van der Waals surface area contributed by atoms with Gasteiger partial charge in [-0.3, -0.25) is 0 Å². The molecule has 0 aliphatic carbocycles. The lowest BCUT2D eigenvalue weighted by Crippen LogP contribution is -2.12. The van der Waals surface area contributed by atoms with Crippen LogP contribution in [0, 0.1) is 6.92 Å². The normalized spacial score (nSPS) is 12.1. The molecule has 11 heavy (non-hydrogen) atoms. The van der Waals surface area contributed by atoms with E-state index in [4.69, 9.17) is 0 Å². The van der Waals surface area contributed by atoms with Gasteiger partial charge < -0.3 is 4.57 Å². The van der Waals surface area contributed by atoms with Gasteiger partial charge in [-0.15, -0.1) is 0 Å². The maximum absolute atomic E-state index is 2.25. The van der Waals surface area contributed by atoms with Crippen molar-refractivity contribution in [2.24, 2.45) is 7.05 Å². The van der Waals surface area contributed by atoms with Gasteiger partial charge in [0.25, 0.3) is 0 Å². The van der Waals surface area contributed by atoms with Gasteiger partial charge in [-0.25, -0.2) is 0 Å². The molecule has 1 heteroatoms. The molecule has 0 amide bonds. The molecule has 0 aliphatic heterocycles. The van der Waals surface area contributed by atoms with Crippen LogP contribution >= 0.6 is 0 Å². The molecule has 0 radical (unpaired) electrons. The van der Waals surface area contributed by atoms with Crippen molar-refractivity contribution in [3.05, 3.63) is 23.5 Å². The monoisotopic (exact) mass is 151 g/mol. The highest BCUT2D eigenvalue weighted by molar-refractivity contribution is 5.27. The van der Waals surface area contributed by atoms with Crippen molar-refractivity contribution in [2.45, 2.75) is 33.1 Å². The lowest BCUT2D eigenvalue weighted by Gasteiger charge is -2.18. The van der Waals surface area contributed by atoms with Crippen LogP contribution in [-0.2, 0) is 12.5 Å². The second kappa shape index (κ2) is 2.40. The molecule has 0 N–H and O–H groups in total. The number of aryl methyl sites for hydroxylation is 1. The van der Waals surface area contributed by atoms with Crippen molar-refractivity contribution in [1.29, 1.82) is 0 Å². The van der Waals surface area contributed by atoms with Gasteiger partial charge in [0.15, 0.2) is 0 Å². The molecule has 1 aromatic heterocycles. The molecule has 62 valence electrons. The Bertz CT molecular complexity index is 250. The van der Waals surface area contributed by atoms with E-state index in [0.29, 0.717) is 0 Å². The Morgan fingerprint density at radius 3 is 2.00 bits per heavy atom. The van der Waals surface area contributed by atoms with Crippen molar-refractivity contribution in [3.8, 4) is 0 Å². The zero-order valence-corrected chi connectivity index (χ0v) is 8.10. The Morgan fingerprint density at radius 1 is 1.27 bits per heavy atom. The van der Waals surface area contributed by atoms with Crippen LogP contribution in [0.15, 0.2) is 12.3 Å². The predicted octanol–water partition coefficient (Wildman–Crippen LogP) is 2.63. The summed E-state index contributed by atoms with van der Waals surface area (Å²) in [4.78, 5) is 0. The van der Waals surface area contributed by atoms with Gasteiger partial charge in [0.1, 0.15) is 0 Å². The first kappa shape index (κ1) is 8.38. The van der Waals surface area contributed by atoms with Crippen LogP contribution in [0.3, 0.4) is 0 Å². The molecule has 0 fully saturated rings. The predicted molar refractivity (Wildman–Crippen MR) is 48.9 cm³/mol. The molecule has 0 aromatic carbocycles. The fourth-order valence-electron chi connectivity index (χ4n) is 1.40. The number of rotatable bonds is 0. The topological polar surface area (TPSA) is 4.93 Å². The van der Waals surface area contributed by atoms with Crippen LogP contribution in [-0.4, -0.2) is 4.57 Å². The van der Waals surface area contributed by atoms with Crippen LogP contribution in [0.1, 0.15) is 32.0 Å². The summed E-state index contributed by atoms with van der Waals surface area (Å²) in [6.07, 6.45) is 2.12. The molecule has 1 nitrogen and oxygen atoms in total. The zero-order chi connectivity index (χ0) is 8.65. The summed E-state index contributed by atoms with van der Waals surface area (Å²) >= 11 is 0. The van der Waals surface area contributed by atoms with Crippen molar-refractivity contribution in [1.82, 2.24) is 4.57 Å². The Balaban J connectivity index is 3.15. The van der Waals surface area contributed by atoms with E-state index in [-0.39, 0.29) is 5.41 Å². The van der Waals surface area contributed by atoms with Gasteiger partial charge in [0.2, 0.25) is 0 Å². The molecule has 0 saturated carbocycles. The van der Waals surface area contributed by atoms with E-state index in [9.17, 15) is 0 Å². The van der Waals surface area contributed by atoms with Gasteiger partial charge in [-0.05, 0) is 24.0 Å². The quantitative estimate of drug-likeness (QED) is 0.537. The molecule has 0 bridgehead atoms. The number of aromatic nitrogens is 1. The Labute approximate surface area is 69.0 Å². The minimum Gasteiger partial charge on any atom is -0.354 e. The Kier molecular flexibility index (Phi) is 1.83. The van der Waals surface area contributed by atoms with Crippen molar-refractivity contribution in [3.63, 3.8) is 0 Å². The number of hydrogen-bond donors (Lipinski definition) is 0. The largest absolute Gasteiger partial charge is 0.354 e. The molecule has 0 saturated heterocycles. The van der Waals surface area contributed by atoms with Crippen LogP contribution in [0.2, 0.25) is 0 Å². The lowest BCUT2D eigenvalue weighted by atomic mass is 9.87. The summed E-state index contributed by atoms with van der Waals surface area (Å²) in [7, 11) is 2.09. The van der Waals surface area contributed by atoms with Crippen molar-refractivity contribution >= 4 is 0 Å². The van der Waals surface area contributed by atoms with Crippen molar-refractivity contribution < 1.29 is 0 Å². The van der Waals surface area contributed by atoms with Crippen LogP contribution < -0.4 is 0 Å². The third kappa shape index (κ3) is 1.47.